The van der Waals surface area contributed by atoms with E-state index in [2.05, 4.69) is 10.1 Å². The van der Waals surface area contributed by atoms with E-state index in [1.54, 1.807) is 40.1 Å². The van der Waals surface area contributed by atoms with E-state index in [4.69, 9.17) is 31.5 Å². The number of ether oxygens (including phenoxy) is 3. The van der Waals surface area contributed by atoms with Crippen LogP contribution in [0.25, 0.3) is 0 Å². The van der Waals surface area contributed by atoms with Crippen LogP contribution < -0.4 is 15.2 Å². The van der Waals surface area contributed by atoms with Crippen molar-refractivity contribution in [2.45, 2.75) is 32.1 Å². The van der Waals surface area contributed by atoms with E-state index >= 15 is 0 Å². The number of aliphatic imine (C=N–C) groups is 1. The number of thioether (sulfide) groups is 1. The van der Waals surface area contributed by atoms with Gasteiger partial charge in [0, 0.05) is 45.0 Å². The van der Waals surface area contributed by atoms with Crippen LogP contribution in [0.1, 0.15) is 41.9 Å². The van der Waals surface area contributed by atoms with Crippen molar-refractivity contribution < 1.29 is 23.8 Å². The van der Waals surface area contributed by atoms with Crippen molar-refractivity contribution in [1.29, 1.82) is 0 Å². The molecule has 0 saturated heterocycles. The number of benzene rings is 1. The second-order valence-electron chi connectivity index (χ2n) is 7.48. The van der Waals surface area contributed by atoms with Gasteiger partial charge in [0.25, 0.3) is 0 Å². The largest absolute Gasteiger partial charge is 0.491 e. The normalized spacial score (nSPS) is 12.1. The molecule has 0 spiro atoms. The minimum absolute atomic E-state index is 0.0356. The first-order valence-electron chi connectivity index (χ1n) is 10.9. The molecule has 1 heterocycles. The summed E-state index contributed by atoms with van der Waals surface area (Å²) in [5.74, 6) is -0.895. The number of nitrogens with zero attached hydrogens (tertiary/aromatic N) is 3. The molecule has 0 fully saturated rings. The average Bonchev–Trinajstić information content (AvgIpc) is 3.09. The van der Waals surface area contributed by atoms with E-state index in [9.17, 15) is 9.59 Å². The molecule has 1 aromatic heterocycles. The van der Waals surface area contributed by atoms with Gasteiger partial charge in [0.2, 0.25) is 11.7 Å². The van der Waals surface area contributed by atoms with Crippen molar-refractivity contribution in [1.82, 2.24) is 9.78 Å². The lowest BCUT2D eigenvalue weighted by Crippen LogP contribution is -2.21. The number of methoxy groups -OCH3 is 1. The zero-order valence-electron chi connectivity index (χ0n) is 20.8. The lowest BCUT2D eigenvalue weighted by molar-refractivity contribution is -0.130. The average molecular weight is 523 g/mol. The number of ketones is 1. The van der Waals surface area contributed by atoms with Crippen LogP contribution >= 0.6 is 23.4 Å². The maximum Gasteiger partial charge on any atom is 0.360 e. The summed E-state index contributed by atoms with van der Waals surface area (Å²) in [4.78, 5) is 31.2. The Kier molecular flexibility index (Phi) is 10.8. The molecule has 190 valence electrons. The first-order chi connectivity index (χ1) is 16.7. The molecular weight excluding hydrogens is 492 g/mol. The number of carbonyl (C=O) groups excluding carboxylic acids is 2. The van der Waals surface area contributed by atoms with Crippen molar-refractivity contribution in [3.05, 3.63) is 45.7 Å². The number of carbonyl (C=O) groups is 2. The Morgan fingerprint density at radius 1 is 1.31 bits per heavy atom. The van der Waals surface area contributed by atoms with Crippen molar-refractivity contribution >= 4 is 40.8 Å². The molecule has 0 aliphatic rings. The van der Waals surface area contributed by atoms with Gasteiger partial charge in [0.05, 0.1) is 22.2 Å². The second-order valence-corrected chi connectivity index (χ2v) is 8.70. The molecule has 0 aliphatic heterocycles. The zero-order valence-corrected chi connectivity index (χ0v) is 22.4. The Morgan fingerprint density at radius 3 is 2.66 bits per heavy atom. The van der Waals surface area contributed by atoms with Crippen molar-refractivity contribution in [2.75, 3.05) is 33.1 Å². The first-order valence-corrected chi connectivity index (χ1v) is 12.5. The summed E-state index contributed by atoms with van der Waals surface area (Å²) in [5, 5.41) is 4.43. The molecule has 0 unspecified atom stereocenters. The molecule has 2 N–H and O–H groups in total. The number of hydrogen-bond donors (Lipinski definition) is 1. The van der Waals surface area contributed by atoms with Gasteiger partial charge in [-0.15, -0.1) is 11.8 Å². The number of aryl methyl sites for hydroxylation is 2. The summed E-state index contributed by atoms with van der Waals surface area (Å²) >= 11 is 8.09. The highest BCUT2D eigenvalue weighted by Crippen LogP contribution is 2.39. The van der Waals surface area contributed by atoms with Crippen LogP contribution in [0.2, 0.25) is 5.02 Å². The minimum atomic E-state index is -0.821. The number of allylic oxidation sites excluding steroid dienone is 1. The van der Waals surface area contributed by atoms with Crippen LogP contribution in [0, 0.1) is 6.92 Å². The summed E-state index contributed by atoms with van der Waals surface area (Å²) in [7, 11) is 3.18. The van der Waals surface area contributed by atoms with Gasteiger partial charge in [-0.1, -0.05) is 11.6 Å². The Morgan fingerprint density at radius 2 is 2.03 bits per heavy atom. The minimum Gasteiger partial charge on any atom is -0.491 e. The molecule has 11 heteroatoms. The van der Waals surface area contributed by atoms with E-state index in [-0.39, 0.29) is 27.7 Å². The molecule has 0 saturated carbocycles. The van der Waals surface area contributed by atoms with Crippen LogP contribution in [0.4, 0.5) is 0 Å². The molecule has 9 nitrogen and oxygen atoms in total. The molecule has 0 amide bonds. The van der Waals surface area contributed by atoms with Gasteiger partial charge in [0.1, 0.15) is 11.3 Å². The maximum atomic E-state index is 13.6. The SMILES string of the molecule is CCN=C(C)C=C(N)C(=O)Oc1c(C(=O)c2ccc(SC)c(OCCCOC)c2Cl)c(C)nn1C. The Bertz CT molecular complexity index is 1140. The highest BCUT2D eigenvalue weighted by atomic mass is 35.5. The monoisotopic (exact) mass is 522 g/mol. The molecule has 0 bridgehead atoms. The molecule has 0 atom stereocenters. The van der Waals surface area contributed by atoms with Gasteiger partial charge in [-0.3, -0.25) is 9.79 Å². The summed E-state index contributed by atoms with van der Waals surface area (Å²) in [6.07, 6.45) is 3.97. The number of rotatable bonds is 12. The van der Waals surface area contributed by atoms with E-state index in [1.807, 2.05) is 13.2 Å². The molecule has 2 aromatic rings. The van der Waals surface area contributed by atoms with E-state index in [1.165, 1.54) is 22.5 Å². The van der Waals surface area contributed by atoms with Gasteiger partial charge in [-0.25, -0.2) is 9.48 Å². The van der Waals surface area contributed by atoms with E-state index in [0.29, 0.717) is 43.3 Å². The summed E-state index contributed by atoms with van der Waals surface area (Å²) in [6, 6.07) is 3.39. The number of hydrogen-bond acceptors (Lipinski definition) is 9. The third kappa shape index (κ3) is 7.09. The topological polar surface area (TPSA) is 118 Å². The standard InChI is InChI=1S/C24H31ClN4O5S/c1-7-27-14(2)13-17(26)24(31)34-23-19(15(3)28-29(23)4)21(30)16-9-10-18(35-6)22(20(16)25)33-12-8-11-32-5/h9-10,13H,7-8,11-12,26H2,1-6H3. The maximum absolute atomic E-state index is 13.6. The molecule has 0 radical (unpaired) electrons. The predicted octanol–water partition coefficient (Wildman–Crippen LogP) is 3.98. The fourth-order valence-electron chi connectivity index (χ4n) is 3.26. The zero-order chi connectivity index (χ0) is 26.1. The van der Waals surface area contributed by atoms with Crippen LogP contribution in [0.15, 0.2) is 33.8 Å². The van der Waals surface area contributed by atoms with Crippen LogP contribution in [-0.2, 0) is 16.6 Å². The number of nitrogens with two attached hydrogens (primary N) is 1. The summed E-state index contributed by atoms with van der Waals surface area (Å²) in [5.41, 5.74) is 7.00. The van der Waals surface area contributed by atoms with Gasteiger partial charge >= 0.3 is 5.97 Å². The smallest absolute Gasteiger partial charge is 0.360 e. The third-order valence-electron chi connectivity index (χ3n) is 4.86. The fraction of sp³-hybridized carbons (Fsp3) is 0.417. The second kappa shape index (κ2) is 13.3. The van der Waals surface area contributed by atoms with Crippen molar-refractivity contribution in [3.8, 4) is 11.6 Å². The molecule has 2 rings (SSSR count). The lowest BCUT2D eigenvalue weighted by atomic mass is 10.0. The summed E-state index contributed by atoms with van der Waals surface area (Å²) < 4.78 is 17.7. The van der Waals surface area contributed by atoms with Crippen LogP contribution in [0.3, 0.4) is 0 Å². The van der Waals surface area contributed by atoms with Crippen LogP contribution in [-0.4, -0.2) is 60.4 Å². The molecule has 0 aliphatic carbocycles. The van der Waals surface area contributed by atoms with Gasteiger partial charge < -0.3 is 19.9 Å². The fourth-order valence-corrected chi connectivity index (χ4v) is 4.17. The quantitative estimate of drug-likeness (QED) is 0.111. The van der Waals surface area contributed by atoms with E-state index < -0.39 is 11.8 Å². The molecular formula is C24H31ClN4O5S. The van der Waals surface area contributed by atoms with Crippen LogP contribution in [0.5, 0.6) is 11.6 Å². The van der Waals surface area contributed by atoms with Crippen molar-refractivity contribution in [3.63, 3.8) is 0 Å². The number of aromatic nitrogens is 2. The van der Waals surface area contributed by atoms with E-state index in [0.717, 1.165) is 4.90 Å². The Balaban J connectivity index is 2.43. The number of halogens is 1. The first kappa shape index (κ1) is 28.4. The number of esters is 1. The Hall–Kier alpha value is -2.82. The van der Waals surface area contributed by atoms with Crippen molar-refractivity contribution in [2.24, 2.45) is 17.8 Å². The molecule has 1 aromatic carbocycles. The lowest BCUT2D eigenvalue weighted by Gasteiger charge is -2.15. The highest BCUT2D eigenvalue weighted by molar-refractivity contribution is 7.98. The highest BCUT2D eigenvalue weighted by Gasteiger charge is 2.28. The summed E-state index contributed by atoms with van der Waals surface area (Å²) in [6.45, 7) is 6.71. The van der Waals surface area contributed by atoms with Gasteiger partial charge in [-0.2, -0.15) is 5.10 Å². The van der Waals surface area contributed by atoms with Gasteiger partial charge in [0.15, 0.2) is 5.75 Å². The Labute approximate surface area is 214 Å². The third-order valence-corrected chi connectivity index (χ3v) is 5.99. The van der Waals surface area contributed by atoms with Gasteiger partial charge in [-0.05, 0) is 45.2 Å². The predicted molar refractivity (Wildman–Crippen MR) is 138 cm³/mol. The molecule has 35 heavy (non-hydrogen) atoms.